The molecule has 18 heavy (non-hydrogen) atoms. The Morgan fingerprint density at radius 3 is 3.00 bits per heavy atom. The minimum Gasteiger partial charge on any atom is -0.395 e. The number of hydrogen-bond donors (Lipinski definition) is 2. The summed E-state index contributed by atoms with van der Waals surface area (Å²) in [6, 6.07) is 4.35. The molecule has 0 radical (unpaired) electrons. The molecule has 1 fully saturated rings. The molecule has 2 heterocycles. The average Bonchev–Trinajstić information content (AvgIpc) is 2.85. The minimum absolute atomic E-state index is 0.188. The van der Waals surface area contributed by atoms with E-state index in [0.717, 1.165) is 25.2 Å². The van der Waals surface area contributed by atoms with Crippen molar-refractivity contribution in [2.45, 2.75) is 25.4 Å². The molecule has 4 nitrogen and oxygen atoms in total. The standard InChI is InChI=1S/C13H20ClN3O/c14-13-4-3-11(8-16-13)9-17(6-7-18)10-12-2-1-5-15-12/h3-4,8,12,15,18H,1-2,5-7,9-10H2. The van der Waals surface area contributed by atoms with E-state index in [2.05, 4.69) is 15.2 Å². The number of halogens is 1. The summed E-state index contributed by atoms with van der Waals surface area (Å²) < 4.78 is 0. The second-order valence-corrected chi connectivity index (χ2v) is 5.13. The van der Waals surface area contributed by atoms with Crippen molar-refractivity contribution in [2.75, 3.05) is 26.2 Å². The molecule has 1 aliphatic rings. The molecule has 0 amide bonds. The number of rotatable bonds is 6. The molecular formula is C13H20ClN3O. The Balaban J connectivity index is 1.90. The number of pyridine rings is 1. The van der Waals surface area contributed by atoms with Gasteiger partial charge in [-0.1, -0.05) is 17.7 Å². The Morgan fingerprint density at radius 1 is 1.50 bits per heavy atom. The van der Waals surface area contributed by atoms with Crippen molar-refractivity contribution in [2.24, 2.45) is 0 Å². The van der Waals surface area contributed by atoms with Crippen LogP contribution in [-0.4, -0.2) is 47.3 Å². The molecule has 1 saturated heterocycles. The second-order valence-electron chi connectivity index (χ2n) is 4.74. The van der Waals surface area contributed by atoms with Gasteiger partial charge in [0.2, 0.25) is 0 Å². The molecule has 100 valence electrons. The van der Waals surface area contributed by atoms with Crippen LogP contribution in [0.3, 0.4) is 0 Å². The molecule has 5 heteroatoms. The van der Waals surface area contributed by atoms with Crippen molar-refractivity contribution in [3.63, 3.8) is 0 Å². The second kappa shape index (κ2) is 7.04. The summed E-state index contributed by atoms with van der Waals surface area (Å²) >= 11 is 5.77. The summed E-state index contributed by atoms with van der Waals surface area (Å²) in [5.41, 5.74) is 1.13. The van der Waals surface area contributed by atoms with Gasteiger partial charge in [-0.3, -0.25) is 4.90 Å². The van der Waals surface area contributed by atoms with Gasteiger partial charge in [-0.25, -0.2) is 4.98 Å². The molecule has 1 aromatic heterocycles. The first kappa shape index (κ1) is 13.7. The van der Waals surface area contributed by atoms with Gasteiger partial charge >= 0.3 is 0 Å². The lowest BCUT2D eigenvalue weighted by atomic mass is 10.2. The van der Waals surface area contributed by atoms with Crippen molar-refractivity contribution in [1.82, 2.24) is 15.2 Å². The minimum atomic E-state index is 0.188. The Bertz CT molecular complexity index is 352. The number of aliphatic hydroxyl groups excluding tert-OH is 1. The van der Waals surface area contributed by atoms with Gasteiger partial charge in [-0.15, -0.1) is 0 Å². The summed E-state index contributed by atoms with van der Waals surface area (Å²) in [7, 11) is 0. The van der Waals surface area contributed by atoms with Crippen LogP contribution in [0.1, 0.15) is 18.4 Å². The summed E-state index contributed by atoms with van der Waals surface area (Å²) in [6.07, 6.45) is 4.27. The van der Waals surface area contributed by atoms with E-state index in [-0.39, 0.29) is 6.61 Å². The first-order valence-electron chi connectivity index (χ1n) is 6.45. The normalized spacial score (nSPS) is 19.6. The molecule has 1 aliphatic heterocycles. The zero-order valence-corrected chi connectivity index (χ0v) is 11.2. The monoisotopic (exact) mass is 269 g/mol. The summed E-state index contributed by atoms with van der Waals surface area (Å²) in [4.78, 5) is 6.34. The maximum atomic E-state index is 9.13. The van der Waals surface area contributed by atoms with Crippen molar-refractivity contribution < 1.29 is 5.11 Å². The van der Waals surface area contributed by atoms with E-state index in [1.165, 1.54) is 12.8 Å². The zero-order valence-electron chi connectivity index (χ0n) is 10.5. The molecule has 0 bridgehead atoms. The molecule has 1 unspecified atom stereocenters. The number of nitrogens with one attached hydrogen (secondary N) is 1. The fourth-order valence-corrected chi connectivity index (χ4v) is 2.47. The highest BCUT2D eigenvalue weighted by Crippen LogP contribution is 2.11. The van der Waals surface area contributed by atoms with Gasteiger partial charge in [0.25, 0.3) is 0 Å². The third-order valence-corrected chi connectivity index (χ3v) is 3.48. The first-order valence-corrected chi connectivity index (χ1v) is 6.83. The Hall–Kier alpha value is -0.680. The molecule has 1 aromatic rings. The topological polar surface area (TPSA) is 48.4 Å². The third kappa shape index (κ3) is 4.21. The van der Waals surface area contributed by atoms with E-state index >= 15 is 0 Å². The number of aromatic nitrogens is 1. The Kier molecular flexibility index (Phi) is 5.38. The van der Waals surface area contributed by atoms with Crippen molar-refractivity contribution >= 4 is 11.6 Å². The van der Waals surface area contributed by atoms with E-state index in [1.54, 1.807) is 6.20 Å². The molecule has 2 N–H and O–H groups in total. The van der Waals surface area contributed by atoms with E-state index in [1.807, 2.05) is 12.1 Å². The van der Waals surface area contributed by atoms with Gasteiger partial charge < -0.3 is 10.4 Å². The van der Waals surface area contributed by atoms with E-state index in [0.29, 0.717) is 17.7 Å². The molecule has 0 saturated carbocycles. The quantitative estimate of drug-likeness (QED) is 0.764. The highest BCUT2D eigenvalue weighted by Gasteiger charge is 2.17. The molecule has 2 rings (SSSR count). The molecule has 0 aliphatic carbocycles. The Morgan fingerprint density at radius 2 is 2.39 bits per heavy atom. The van der Waals surface area contributed by atoms with Gasteiger partial charge in [-0.05, 0) is 31.0 Å². The van der Waals surface area contributed by atoms with Gasteiger partial charge in [0.1, 0.15) is 5.15 Å². The van der Waals surface area contributed by atoms with Crippen LogP contribution in [0.15, 0.2) is 18.3 Å². The maximum Gasteiger partial charge on any atom is 0.129 e. The van der Waals surface area contributed by atoms with Crippen molar-refractivity contribution in [1.29, 1.82) is 0 Å². The van der Waals surface area contributed by atoms with Crippen LogP contribution in [-0.2, 0) is 6.54 Å². The summed E-state index contributed by atoms with van der Waals surface area (Å²) in [5.74, 6) is 0. The molecule has 0 aromatic carbocycles. The Labute approximate surface area is 113 Å². The fraction of sp³-hybridized carbons (Fsp3) is 0.615. The van der Waals surface area contributed by atoms with Crippen LogP contribution in [0.2, 0.25) is 5.15 Å². The van der Waals surface area contributed by atoms with Crippen LogP contribution in [0.25, 0.3) is 0 Å². The third-order valence-electron chi connectivity index (χ3n) is 3.25. The molecule has 1 atom stereocenters. The smallest absolute Gasteiger partial charge is 0.129 e. The predicted octanol–water partition coefficient (Wildman–Crippen LogP) is 1.28. The summed E-state index contributed by atoms with van der Waals surface area (Å²) in [5, 5.41) is 13.1. The highest BCUT2D eigenvalue weighted by molar-refractivity contribution is 6.29. The van der Waals surface area contributed by atoms with Crippen molar-refractivity contribution in [3.05, 3.63) is 29.0 Å². The summed E-state index contributed by atoms with van der Waals surface area (Å²) in [6.45, 7) is 3.78. The van der Waals surface area contributed by atoms with Gasteiger partial charge in [0.15, 0.2) is 0 Å². The lowest BCUT2D eigenvalue weighted by Gasteiger charge is -2.24. The van der Waals surface area contributed by atoms with Crippen LogP contribution in [0, 0.1) is 0 Å². The maximum absolute atomic E-state index is 9.13. The van der Waals surface area contributed by atoms with Crippen LogP contribution in [0.4, 0.5) is 0 Å². The lowest BCUT2D eigenvalue weighted by molar-refractivity contribution is 0.179. The number of hydrogen-bond acceptors (Lipinski definition) is 4. The molecular weight excluding hydrogens is 250 g/mol. The van der Waals surface area contributed by atoms with E-state index in [4.69, 9.17) is 16.7 Å². The SMILES string of the molecule is OCCN(Cc1ccc(Cl)nc1)CC1CCCN1. The largest absolute Gasteiger partial charge is 0.395 e. The van der Waals surface area contributed by atoms with Crippen LogP contribution in [0.5, 0.6) is 0 Å². The number of nitrogens with zero attached hydrogens (tertiary/aromatic N) is 2. The number of aliphatic hydroxyl groups is 1. The predicted molar refractivity (Wildman–Crippen MR) is 72.6 cm³/mol. The molecule has 0 spiro atoms. The van der Waals surface area contributed by atoms with Crippen LogP contribution < -0.4 is 5.32 Å². The van der Waals surface area contributed by atoms with E-state index in [9.17, 15) is 0 Å². The average molecular weight is 270 g/mol. The fourth-order valence-electron chi connectivity index (χ4n) is 2.36. The van der Waals surface area contributed by atoms with Gasteiger partial charge in [0.05, 0.1) is 6.61 Å². The van der Waals surface area contributed by atoms with E-state index < -0.39 is 0 Å². The van der Waals surface area contributed by atoms with Gasteiger partial charge in [-0.2, -0.15) is 0 Å². The van der Waals surface area contributed by atoms with Crippen molar-refractivity contribution in [3.8, 4) is 0 Å². The van der Waals surface area contributed by atoms with Crippen LogP contribution >= 0.6 is 11.6 Å². The zero-order chi connectivity index (χ0) is 12.8. The highest BCUT2D eigenvalue weighted by atomic mass is 35.5. The first-order chi connectivity index (χ1) is 8.78. The van der Waals surface area contributed by atoms with Gasteiger partial charge in [0, 0.05) is 31.9 Å². The lowest BCUT2D eigenvalue weighted by Crippen LogP contribution is -2.38.